The molecule has 0 aromatic heterocycles. The monoisotopic (exact) mass is 468 g/mol. The van der Waals surface area contributed by atoms with Crippen LogP contribution in [0.2, 0.25) is 0 Å². The Bertz CT molecular complexity index is 1270. The Morgan fingerprint density at radius 2 is 1.76 bits per heavy atom. The molecule has 4 rings (SSSR count). The van der Waals surface area contributed by atoms with E-state index >= 15 is 0 Å². The normalized spacial score (nSPS) is 15.2. The molecule has 3 aromatic rings. The van der Waals surface area contributed by atoms with Gasteiger partial charge in [0.15, 0.2) is 6.10 Å². The van der Waals surface area contributed by atoms with Crippen LogP contribution >= 0.6 is 0 Å². The number of fused-ring (bicyclic) bond motifs is 1. The number of amides is 1. The Balaban J connectivity index is 1.67. The SMILES string of the molecule is COc1ccc(OC)c(NC(=O)[C@@H]2CN(S(=O)(=O)c3ccc(C)cc3)c3ccccc3O2)c1. The number of hydrogen-bond acceptors (Lipinski definition) is 6. The number of carbonyl (C=O) groups is 1. The molecule has 0 spiro atoms. The zero-order valence-electron chi connectivity index (χ0n) is 18.4. The number of aryl methyl sites for hydroxylation is 1. The number of hydrogen-bond donors (Lipinski definition) is 1. The van der Waals surface area contributed by atoms with Crippen molar-refractivity contribution in [1.82, 2.24) is 0 Å². The number of benzene rings is 3. The zero-order chi connectivity index (χ0) is 23.6. The lowest BCUT2D eigenvalue weighted by Gasteiger charge is -2.34. The van der Waals surface area contributed by atoms with Crippen LogP contribution in [0.4, 0.5) is 11.4 Å². The van der Waals surface area contributed by atoms with Crippen LogP contribution in [0.1, 0.15) is 5.56 Å². The van der Waals surface area contributed by atoms with E-state index in [4.69, 9.17) is 14.2 Å². The molecule has 1 atom stereocenters. The number of nitrogens with zero attached hydrogens (tertiary/aromatic N) is 1. The standard InChI is InChI=1S/C24H24N2O6S/c1-16-8-11-18(12-9-16)33(28,29)26-15-23(32-22-7-5-4-6-20(22)26)24(27)25-19-14-17(30-2)10-13-21(19)31-3/h4-14,23H,15H2,1-3H3,(H,25,27)/t23-/m0/s1. The molecule has 0 radical (unpaired) electrons. The van der Waals surface area contributed by atoms with E-state index in [9.17, 15) is 13.2 Å². The summed E-state index contributed by atoms with van der Waals surface area (Å²) in [6, 6.07) is 18.3. The van der Waals surface area contributed by atoms with Gasteiger partial charge in [0.1, 0.15) is 17.2 Å². The van der Waals surface area contributed by atoms with Crippen molar-refractivity contribution < 1.29 is 27.4 Å². The van der Waals surface area contributed by atoms with Crippen molar-refractivity contribution in [2.45, 2.75) is 17.9 Å². The van der Waals surface area contributed by atoms with Gasteiger partial charge in [-0.15, -0.1) is 0 Å². The van der Waals surface area contributed by atoms with Gasteiger partial charge in [0.25, 0.3) is 15.9 Å². The fourth-order valence-corrected chi connectivity index (χ4v) is 5.00. The van der Waals surface area contributed by atoms with E-state index in [0.717, 1.165) is 5.56 Å². The van der Waals surface area contributed by atoms with Crippen molar-refractivity contribution >= 4 is 27.3 Å². The molecule has 0 fully saturated rings. The first-order chi connectivity index (χ1) is 15.8. The maximum absolute atomic E-state index is 13.5. The predicted molar refractivity (Wildman–Crippen MR) is 125 cm³/mol. The second kappa shape index (κ2) is 9.03. The van der Waals surface area contributed by atoms with Gasteiger partial charge in [0.05, 0.1) is 37.0 Å². The maximum atomic E-state index is 13.5. The lowest BCUT2D eigenvalue weighted by molar-refractivity contribution is -0.122. The highest BCUT2D eigenvalue weighted by molar-refractivity contribution is 7.92. The average Bonchev–Trinajstić information content (AvgIpc) is 2.83. The molecule has 0 saturated carbocycles. The van der Waals surface area contributed by atoms with Gasteiger partial charge in [-0.3, -0.25) is 9.10 Å². The molecule has 0 bridgehead atoms. The van der Waals surface area contributed by atoms with Crippen LogP contribution in [0.15, 0.2) is 71.6 Å². The van der Waals surface area contributed by atoms with E-state index in [-0.39, 0.29) is 11.4 Å². The van der Waals surface area contributed by atoms with Crippen molar-refractivity contribution in [2.24, 2.45) is 0 Å². The lowest BCUT2D eigenvalue weighted by atomic mass is 10.2. The third-order valence-corrected chi connectivity index (χ3v) is 7.09. The number of rotatable bonds is 6. The second-order valence-electron chi connectivity index (χ2n) is 7.48. The van der Waals surface area contributed by atoms with Crippen LogP contribution in [-0.4, -0.2) is 41.2 Å². The number of methoxy groups -OCH3 is 2. The first-order valence-corrected chi connectivity index (χ1v) is 11.7. The smallest absolute Gasteiger partial charge is 0.267 e. The summed E-state index contributed by atoms with van der Waals surface area (Å²) in [6.45, 7) is 1.69. The van der Waals surface area contributed by atoms with E-state index in [1.807, 2.05) is 6.92 Å². The molecule has 0 saturated heterocycles. The molecule has 1 N–H and O–H groups in total. The van der Waals surface area contributed by atoms with Crippen molar-refractivity contribution in [1.29, 1.82) is 0 Å². The third-order valence-electron chi connectivity index (χ3n) is 5.30. The van der Waals surface area contributed by atoms with E-state index in [0.29, 0.717) is 28.6 Å². The van der Waals surface area contributed by atoms with Gasteiger partial charge < -0.3 is 19.5 Å². The highest BCUT2D eigenvalue weighted by Gasteiger charge is 2.37. The molecule has 1 heterocycles. The first kappa shape index (κ1) is 22.5. The average molecular weight is 469 g/mol. The summed E-state index contributed by atoms with van der Waals surface area (Å²) in [7, 11) is -0.923. The molecule has 172 valence electrons. The van der Waals surface area contributed by atoms with Crippen molar-refractivity contribution in [3.8, 4) is 17.2 Å². The highest BCUT2D eigenvalue weighted by Crippen LogP contribution is 2.37. The summed E-state index contributed by atoms with van der Waals surface area (Å²) < 4.78 is 44.6. The van der Waals surface area contributed by atoms with E-state index < -0.39 is 22.0 Å². The van der Waals surface area contributed by atoms with Crippen LogP contribution in [0.25, 0.3) is 0 Å². The number of para-hydroxylation sites is 2. The number of anilines is 2. The Kier molecular flexibility index (Phi) is 6.15. The second-order valence-corrected chi connectivity index (χ2v) is 9.34. The largest absolute Gasteiger partial charge is 0.497 e. The first-order valence-electron chi connectivity index (χ1n) is 10.2. The number of carbonyl (C=O) groups excluding carboxylic acids is 1. The number of nitrogens with one attached hydrogen (secondary N) is 1. The summed E-state index contributed by atoms with van der Waals surface area (Å²) in [5.74, 6) is 0.756. The minimum absolute atomic E-state index is 0.137. The molecule has 3 aromatic carbocycles. The van der Waals surface area contributed by atoms with Gasteiger partial charge in [0, 0.05) is 6.07 Å². The molecule has 0 unspecified atom stereocenters. The van der Waals surface area contributed by atoms with Gasteiger partial charge >= 0.3 is 0 Å². The Hall–Kier alpha value is -3.72. The lowest BCUT2D eigenvalue weighted by Crippen LogP contribution is -2.48. The van der Waals surface area contributed by atoms with Crippen LogP contribution in [0, 0.1) is 6.92 Å². The number of sulfonamides is 1. The van der Waals surface area contributed by atoms with Gasteiger partial charge in [-0.2, -0.15) is 0 Å². The minimum Gasteiger partial charge on any atom is -0.497 e. The zero-order valence-corrected chi connectivity index (χ0v) is 19.3. The summed E-state index contributed by atoms with van der Waals surface area (Å²) >= 11 is 0. The Labute approximate surface area is 192 Å². The number of ether oxygens (including phenoxy) is 3. The topological polar surface area (TPSA) is 94.2 Å². The summed E-state index contributed by atoms with van der Waals surface area (Å²) in [5, 5.41) is 2.77. The van der Waals surface area contributed by atoms with Gasteiger partial charge in [0.2, 0.25) is 0 Å². The maximum Gasteiger partial charge on any atom is 0.267 e. The fourth-order valence-electron chi connectivity index (χ4n) is 3.53. The molecule has 1 aliphatic rings. The van der Waals surface area contributed by atoms with Crippen LogP contribution < -0.4 is 23.8 Å². The molecular weight excluding hydrogens is 444 g/mol. The van der Waals surface area contributed by atoms with E-state index in [1.165, 1.54) is 18.5 Å². The van der Waals surface area contributed by atoms with Gasteiger partial charge in [-0.1, -0.05) is 29.8 Å². The van der Waals surface area contributed by atoms with Crippen molar-refractivity contribution in [3.05, 3.63) is 72.3 Å². The molecule has 1 amide bonds. The van der Waals surface area contributed by atoms with Crippen LogP contribution in [0.3, 0.4) is 0 Å². The Morgan fingerprint density at radius 3 is 2.45 bits per heavy atom. The van der Waals surface area contributed by atoms with Crippen molar-refractivity contribution in [2.75, 3.05) is 30.4 Å². The van der Waals surface area contributed by atoms with E-state index in [2.05, 4.69) is 5.32 Å². The molecular formula is C24H24N2O6S. The molecule has 1 aliphatic heterocycles. The van der Waals surface area contributed by atoms with Gasteiger partial charge in [-0.25, -0.2) is 8.42 Å². The van der Waals surface area contributed by atoms with Crippen molar-refractivity contribution in [3.63, 3.8) is 0 Å². The predicted octanol–water partition coefficient (Wildman–Crippen LogP) is 3.61. The van der Waals surface area contributed by atoms with Crippen LogP contribution in [0.5, 0.6) is 17.2 Å². The van der Waals surface area contributed by atoms with E-state index in [1.54, 1.807) is 66.7 Å². The molecule has 8 nitrogen and oxygen atoms in total. The molecule has 33 heavy (non-hydrogen) atoms. The summed E-state index contributed by atoms with van der Waals surface area (Å²) in [4.78, 5) is 13.3. The summed E-state index contributed by atoms with van der Waals surface area (Å²) in [6.07, 6.45) is -1.09. The molecule has 0 aliphatic carbocycles. The minimum atomic E-state index is -3.93. The quantitative estimate of drug-likeness (QED) is 0.594. The third kappa shape index (κ3) is 4.45. The highest BCUT2D eigenvalue weighted by atomic mass is 32.2. The van der Waals surface area contributed by atoms with Gasteiger partial charge in [-0.05, 0) is 43.3 Å². The Morgan fingerprint density at radius 1 is 1.03 bits per heavy atom. The van der Waals surface area contributed by atoms with Crippen LogP contribution in [-0.2, 0) is 14.8 Å². The fraction of sp³-hybridized carbons (Fsp3) is 0.208. The molecule has 9 heteroatoms. The summed E-state index contributed by atoms with van der Waals surface area (Å²) in [5.41, 5.74) is 1.71.